The summed E-state index contributed by atoms with van der Waals surface area (Å²) >= 11 is 0. The molecule has 21 heavy (non-hydrogen) atoms. The van der Waals surface area contributed by atoms with E-state index in [2.05, 4.69) is 10.4 Å². The maximum absolute atomic E-state index is 13.3. The number of nitrogens with zero attached hydrogens (tertiary/aromatic N) is 2. The Bertz CT molecular complexity index is 682. The molecule has 2 aromatic rings. The van der Waals surface area contributed by atoms with Crippen molar-refractivity contribution in [3.63, 3.8) is 0 Å². The largest absolute Gasteiger partial charge is 0.477 e. The number of anilines is 1. The van der Waals surface area contributed by atoms with Gasteiger partial charge in [-0.05, 0) is 30.7 Å². The summed E-state index contributed by atoms with van der Waals surface area (Å²) in [5.74, 6) is -1.84. The van der Waals surface area contributed by atoms with E-state index in [4.69, 9.17) is 5.11 Å². The van der Waals surface area contributed by atoms with Crippen molar-refractivity contribution < 1.29 is 19.1 Å². The number of nitrogens with one attached hydrogen (secondary N) is 1. The van der Waals surface area contributed by atoms with Gasteiger partial charge < -0.3 is 10.4 Å². The molecule has 0 aliphatic rings. The van der Waals surface area contributed by atoms with Gasteiger partial charge in [-0.2, -0.15) is 5.10 Å². The zero-order valence-electron chi connectivity index (χ0n) is 11.3. The third kappa shape index (κ3) is 3.65. The summed E-state index contributed by atoms with van der Waals surface area (Å²) in [5.41, 5.74) is 0.877. The van der Waals surface area contributed by atoms with Gasteiger partial charge in [0.05, 0.1) is 6.54 Å². The lowest BCUT2D eigenvalue weighted by Gasteiger charge is -2.07. The number of aromatic nitrogens is 2. The number of aryl methyl sites for hydroxylation is 2. The minimum atomic E-state index is -1.10. The van der Waals surface area contributed by atoms with Crippen LogP contribution in [0.15, 0.2) is 30.5 Å². The van der Waals surface area contributed by atoms with Crippen LogP contribution < -0.4 is 5.32 Å². The van der Waals surface area contributed by atoms with Crippen LogP contribution in [0.5, 0.6) is 0 Å². The molecule has 0 radical (unpaired) electrons. The Morgan fingerprint density at radius 1 is 1.38 bits per heavy atom. The number of hydrogen-bond acceptors (Lipinski definition) is 3. The summed E-state index contributed by atoms with van der Waals surface area (Å²) in [5, 5.41) is 15.3. The van der Waals surface area contributed by atoms with Crippen LogP contribution in [0.3, 0.4) is 0 Å². The number of rotatable bonds is 5. The molecule has 1 aromatic heterocycles. The van der Waals surface area contributed by atoms with Gasteiger partial charge in [-0.15, -0.1) is 0 Å². The third-order valence-electron chi connectivity index (χ3n) is 2.94. The topological polar surface area (TPSA) is 84.2 Å². The van der Waals surface area contributed by atoms with E-state index < -0.39 is 11.8 Å². The van der Waals surface area contributed by atoms with E-state index in [0.29, 0.717) is 11.3 Å². The first kappa shape index (κ1) is 14.7. The Balaban J connectivity index is 1.94. The van der Waals surface area contributed by atoms with Crippen LogP contribution in [0.1, 0.15) is 22.5 Å². The zero-order chi connectivity index (χ0) is 15.4. The molecule has 2 N–H and O–H groups in total. The molecule has 1 amide bonds. The number of amides is 1. The lowest BCUT2D eigenvalue weighted by atomic mass is 10.2. The van der Waals surface area contributed by atoms with E-state index in [1.165, 1.54) is 23.0 Å². The summed E-state index contributed by atoms with van der Waals surface area (Å²) in [6.45, 7) is 1.76. The summed E-state index contributed by atoms with van der Waals surface area (Å²) in [6.07, 6.45) is 1.40. The summed E-state index contributed by atoms with van der Waals surface area (Å²) < 4.78 is 14.6. The molecule has 0 fully saturated rings. The molecule has 1 aromatic carbocycles. The number of hydrogen-bond donors (Lipinski definition) is 2. The summed E-state index contributed by atoms with van der Waals surface area (Å²) in [6, 6.07) is 5.77. The molecule has 0 bridgehead atoms. The Labute approximate surface area is 120 Å². The lowest BCUT2D eigenvalue weighted by molar-refractivity contribution is -0.116. The third-order valence-corrected chi connectivity index (χ3v) is 2.94. The normalized spacial score (nSPS) is 10.4. The number of halogens is 1. The predicted octanol–water partition coefficient (Wildman–Crippen LogP) is 2.06. The Hall–Kier alpha value is -2.70. The molecule has 7 heteroatoms. The highest BCUT2D eigenvalue weighted by Gasteiger charge is 2.11. The number of aromatic carboxylic acids is 1. The quantitative estimate of drug-likeness (QED) is 0.883. The molecule has 0 saturated heterocycles. The van der Waals surface area contributed by atoms with Crippen LogP contribution in [0.25, 0.3) is 0 Å². The number of benzene rings is 1. The van der Waals surface area contributed by atoms with Crippen molar-refractivity contribution in [3.8, 4) is 0 Å². The maximum atomic E-state index is 13.3. The standard InChI is InChI=1S/C14H14FN3O3/c1-9-2-3-10(8-11(9)15)17-13(19)5-7-18-12(14(20)21)4-6-16-18/h2-4,6,8H,5,7H2,1H3,(H,17,19)(H,20,21). The van der Waals surface area contributed by atoms with Crippen LogP contribution in [0.2, 0.25) is 0 Å². The number of carbonyl (C=O) groups is 2. The first-order chi connectivity index (χ1) is 9.97. The second kappa shape index (κ2) is 6.17. The van der Waals surface area contributed by atoms with E-state index in [9.17, 15) is 14.0 Å². The van der Waals surface area contributed by atoms with Gasteiger partial charge in [0, 0.05) is 18.3 Å². The maximum Gasteiger partial charge on any atom is 0.354 e. The zero-order valence-corrected chi connectivity index (χ0v) is 11.3. The molecule has 110 valence electrons. The predicted molar refractivity (Wildman–Crippen MR) is 73.6 cm³/mol. The SMILES string of the molecule is Cc1ccc(NC(=O)CCn2nccc2C(=O)O)cc1F. The molecule has 2 rings (SSSR count). The summed E-state index contributed by atoms with van der Waals surface area (Å²) in [7, 11) is 0. The number of carboxylic acids is 1. The van der Waals surface area contributed by atoms with E-state index >= 15 is 0 Å². The van der Waals surface area contributed by atoms with Crippen molar-refractivity contribution in [2.45, 2.75) is 19.9 Å². The van der Waals surface area contributed by atoms with Gasteiger partial charge >= 0.3 is 5.97 Å². The Morgan fingerprint density at radius 2 is 2.14 bits per heavy atom. The minimum absolute atomic E-state index is 0.0178. The Morgan fingerprint density at radius 3 is 2.81 bits per heavy atom. The Kier molecular flexibility index (Phi) is 4.32. The highest BCUT2D eigenvalue weighted by atomic mass is 19.1. The molecular formula is C14H14FN3O3. The van der Waals surface area contributed by atoms with Crippen molar-refractivity contribution in [1.82, 2.24) is 9.78 Å². The van der Waals surface area contributed by atoms with E-state index in [1.54, 1.807) is 19.1 Å². The van der Waals surface area contributed by atoms with Crippen LogP contribution in [0.4, 0.5) is 10.1 Å². The lowest BCUT2D eigenvalue weighted by Crippen LogP contribution is -2.17. The number of carboxylic acid groups (broad SMARTS) is 1. The molecule has 1 heterocycles. The highest BCUT2D eigenvalue weighted by Crippen LogP contribution is 2.13. The van der Waals surface area contributed by atoms with Crippen molar-refractivity contribution in [2.75, 3.05) is 5.32 Å². The fourth-order valence-corrected chi connectivity index (χ4v) is 1.79. The van der Waals surface area contributed by atoms with Gasteiger partial charge in [0.25, 0.3) is 0 Å². The van der Waals surface area contributed by atoms with Crippen molar-refractivity contribution in [3.05, 3.63) is 47.5 Å². The molecule has 0 aliphatic carbocycles. The highest BCUT2D eigenvalue weighted by molar-refractivity contribution is 5.90. The second-order valence-corrected chi connectivity index (χ2v) is 4.51. The monoisotopic (exact) mass is 291 g/mol. The van der Waals surface area contributed by atoms with Gasteiger partial charge in [0.15, 0.2) is 0 Å². The molecule has 0 saturated carbocycles. The smallest absolute Gasteiger partial charge is 0.354 e. The molecule has 0 unspecified atom stereocenters. The summed E-state index contributed by atoms with van der Waals surface area (Å²) in [4.78, 5) is 22.6. The molecule has 0 spiro atoms. The van der Waals surface area contributed by atoms with Gasteiger partial charge in [0.1, 0.15) is 11.5 Å². The molecule has 0 atom stereocenters. The van der Waals surface area contributed by atoms with E-state index in [-0.39, 0.29) is 24.6 Å². The average Bonchev–Trinajstić information content (AvgIpc) is 2.89. The molecule has 6 nitrogen and oxygen atoms in total. The van der Waals surface area contributed by atoms with Gasteiger partial charge in [-0.3, -0.25) is 9.48 Å². The fourth-order valence-electron chi connectivity index (χ4n) is 1.79. The molecular weight excluding hydrogens is 277 g/mol. The first-order valence-electron chi connectivity index (χ1n) is 6.28. The van der Waals surface area contributed by atoms with Crippen LogP contribution in [-0.4, -0.2) is 26.8 Å². The fraction of sp³-hybridized carbons (Fsp3) is 0.214. The van der Waals surface area contributed by atoms with Crippen LogP contribution in [0, 0.1) is 12.7 Å². The van der Waals surface area contributed by atoms with Crippen LogP contribution >= 0.6 is 0 Å². The van der Waals surface area contributed by atoms with Crippen molar-refractivity contribution >= 4 is 17.6 Å². The average molecular weight is 291 g/mol. The van der Waals surface area contributed by atoms with Gasteiger partial charge in [-0.25, -0.2) is 9.18 Å². The minimum Gasteiger partial charge on any atom is -0.477 e. The first-order valence-corrected chi connectivity index (χ1v) is 6.28. The van der Waals surface area contributed by atoms with Gasteiger partial charge in [-0.1, -0.05) is 6.07 Å². The number of carbonyl (C=O) groups excluding carboxylic acids is 1. The van der Waals surface area contributed by atoms with Gasteiger partial charge in [0.2, 0.25) is 5.91 Å². The van der Waals surface area contributed by atoms with E-state index in [0.717, 1.165) is 0 Å². The van der Waals surface area contributed by atoms with Crippen LogP contribution in [-0.2, 0) is 11.3 Å². The van der Waals surface area contributed by atoms with Crippen molar-refractivity contribution in [2.24, 2.45) is 0 Å². The van der Waals surface area contributed by atoms with E-state index in [1.807, 2.05) is 0 Å². The van der Waals surface area contributed by atoms with Crippen molar-refractivity contribution in [1.29, 1.82) is 0 Å². The molecule has 0 aliphatic heterocycles. The second-order valence-electron chi connectivity index (χ2n) is 4.51.